The lowest BCUT2D eigenvalue weighted by atomic mass is 9.76. The second-order valence-corrected chi connectivity index (χ2v) is 3.05. The zero-order valence-electron chi connectivity index (χ0n) is 7.49. The number of esters is 1. The van der Waals surface area contributed by atoms with Crippen LogP contribution in [-0.2, 0) is 9.53 Å². The lowest BCUT2D eigenvalue weighted by Gasteiger charge is -2.30. The van der Waals surface area contributed by atoms with Crippen molar-refractivity contribution in [2.24, 2.45) is 0 Å². The second-order valence-electron chi connectivity index (χ2n) is 3.05. The van der Waals surface area contributed by atoms with E-state index in [1.165, 1.54) is 0 Å². The number of rotatable bonds is 3. The largest absolute Gasteiger partial charge is 0.457 e. The average Bonchev–Trinajstić information content (AvgIpc) is 2.03. The summed E-state index contributed by atoms with van der Waals surface area (Å²) in [5.41, 5.74) is 7.01. The van der Waals surface area contributed by atoms with Crippen LogP contribution in [0.3, 0.4) is 0 Å². The Morgan fingerprint density at radius 2 is 2.31 bits per heavy atom. The first kappa shape index (κ1) is 9.89. The van der Waals surface area contributed by atoms with E-state index in [4.69, 9.17) is 5.53 Å². The van der Waals surface area contributed by atoms with Crippen molar-refractivity contribution < 1.29 is 19.4 Å². The Morgan fingerprint density at radius 3 is 2.62 bits per heavy atom. The number of carbonyl (C=O) groups excluding carboxylic acids is 1. The quantitative estimate of drug-likeness (QED) is 0.293. The number of hydrogen-bond donors (Lipinski definition) is 1. The van der Waals surface area contributed by atoms with Gasteiger partial charge >= 0.3 is 11.7 Å². The van der Waals surface area contributed by atoms with Gasteiger partial charge in [0.05, 0.1) is 6.61 Å². The first-order chi connectivity index (χ1) is 6.14. The highest BCUT2D eigenvalue weighted by atomic mass is 16.5. The van der Waals surface area contributed by atoms with E-state index in [1.54, 1.807) is 6.92 Å². The summed E-state index contributed by atoms with van der Waals surface area (Å²) in [6.45, 7) is 1.85. The SMILES string of the molecule is CCOC(=O)C(=[N+]=[N-])C1(O)CCC1. The summed E-state index contributed by atoms with van der Waals surface area (Å²) in [5.74, 6) is -0.743. The van der Waals surface area contributed by atoms with Crippen LogP contribution in [0.4, 0.5) is 0 Å². The average molecular weight is 184 g/mol. The highest BCUT2D eigenvalue weighted by Crippen LogP contribution is 2.32. The molecule has 0 radical (unpaired) electrons. The van der Waals surface area contributed by atoms with Gasteiger partial charge in [0.25, 0.3) is 0 Å². The van der Waals surface area contributed by atoms with Crippen LogP contribution in [-0.4, -0.2) is 33.8 Å². The van der Waals surface area contributed by atoms with Crippen LogP contribution in [0.5, 0.6) is 0 Å². The lowest BCUT2D eigenvalue weighted by Crippen LogP contribution is -2.49. The van der Waals surface area contributed by atoms with Crippen molar-refractivity contribution >= 4 is 11.7 Å². The Labute approximate surface area is 75.9 Å². The second kappa shape index (κ2) is 3.68. The first-order valence-corrected chi connectivity index (χ1v) is 4.26. The fourth-order valence-corrected chi connectivity index (χ4v) is 1.27. The molecule has 0 saturated heterocycles. The molecule has 5 heteroatoms. The van der Waals surface area contributed by atoms with Gasteiger partial charge in [-0.1, -0.05) is 0 Å². The normalized spacial score (nSPS) is 18.3. The Hall–Kier alpha value is -1.19. The van der Waals surface area contributed by atoms with Crippen LogP contribution in [0, 0.1) is 0 Å². The van der Waals surface area contributed by atoms with Crippen LogP contribution in [0.2, 0.25) is 0 Å². The van der Waals surface area contributed by atoms with E-state index in [0.29, 0.717) is 12.8 Å². The van der Waals surface area contributed by atoms with E-state index in [1.807, 2.05) is 0 Å². The third-order valence-electron chi connectivity index (χ3n) is 2.19. The molecule has 0 bridgehead atoms. The molecule has 0 aliphatic heterocycles. The molecule has 72 valence electrons. The Kier molecular flexibility index (Phi) is 2.80. The zero-order valence-corrected chi connectivity index (χ0v) is 7.49. The monoisotopic (exact) mass is 184 g/mol. The number of hydrogen-bond acceptors (Lipinski definition) is 3. The van der Waals surface area contributed by atoms with Crippen molar-refractivity contribution in [2.75, 3.05) is 6.61 Å². The van der Waals surface area contributed by atoms with E-state index >= 15 is 0 Å². The summed E-state index contributed by atoms with van der Waals surface area (Å²) < 4.78 is 4.63. The van der Waals surface area contributed by atoms with Gasteiger partial charge in [0, 0.05) is 0 Å². The smallest absolute Gasteiger partial charge is 0.420 e. The van der Waals surface area contributed by atoms with Crippen molar-refractivity contribution in [3.8, 4) is 0 Å². The third kappa shape index (κ3) is 1.76. The van der Waals surface area contributed by atoms with E-state index in [0.717, 1.165) is 6.42 Å². The molecule has 0 amide bonds. The summed E-state index contributed by atoms with van der Waals surface area (Å²) in [6.07, 6.45) is 1.73. The molecule has 0 heterocycles. The number of carbonyl (C=O) groups is 1. The van der Waals surface area contributed by atoms with Gasteiger partial charge in [-0.15, -0.1) is 0 Å². The van der Waals surface area contributed by atoms with Gasteiger partial charge in [-0.2, -0.15) is 4.79 Å². The molecule has 1 N–H and O–H groups in total. The van der Waals surface area contributed by atoms with Gasteiger partial charge in [-0.3, -0.25) is 0 Å². The van der Waals surface area contributed by atoms with Crippen molar-refractivity contribution in [2.45, 2.75) is 31.8 Å². The summed E-state index contributed by atoms with van der Waals surface area (Å²) in [7, 11) is 0. The van der Waals surface area contributed by atoms with E-state index < -0.39 is 11.6 Å². The molecular formula is C8H12N2O3. The van der Waals surface area contributed by atoms with Crippen LogP contribution in [0.1, 0.15) is 26.2 Å². The standard InChI is InChI=1S/C8H12N2O3/c1-2-13-7(11)6(10-9)8(12)4-3-5-8/h12H,2-5H2,1H3. The fourth-order valence-electron chi connectivity index (χ4n) is 1.27. The predicted octanol–water partition coefficient (Wildman–Crippen LogP) is 0.135. The maximum absolute atomic E-state index is 11.1. The maximum atomic E-state index is 11.1. The maximum Gasteiger partial charge on any atom is 0.420 e. The topological polar surface area (TPSA) is 82.9 Å². The third-order valence-corrected chi connectivity index (χ3v) is 2.19. The molecule has 0 unspecified atom stereocenters. The summed E-state index contributed by atoms with van der Waals surface area (Å²) in [4.78, 5) is 13.9. The lowest BCUT2D eigenvalue weighted by molar-refractivity contribution is -0.145. The minimum atomic E-state index is -1.26. The fraction of sp³-hybridized carbons (Fsp3) is 0.750. The Balaban J connectivity index is 2.74. The molecule has 1 aliphatic carbocycles. The van der Waals surface area contributed by atoms with Crippen molar-refractivity contribution in [1.82, 2.24) is 0 Å². The molecule has 0 atom stereocenters. The molecule has 1 fully saturated rings. The van der Waals surface area contributed by atoms with Gasteiger partial charge in [0.15, 0.2) is 5.60 Å². The molecule has 1 rings (SSSR count). The molecular weight excluding hydrogens is 172 g/mol. The molecule has 5 nitrogen and oxygen atoms in total. The van der Waals surface area contributed by atoms with Gasteiger partial charge in [-0.05, 0) is 26.2 Å². The minimum Gasteiger partial charge on any atom is -0.457 e. The summed E-state index contributed by atoms with van der Waals surface area (Å²) >= 11 is 0. The van der Waals surface area contributed by atoms with Gasteiger partial charge in [0.1, 0.15) is 0 Å². The summed E-state index contributed by atoms with van der Waals surface area (Å²) in [5, 5.41) is 9.68. The summed E-state index contributed by atoms with van der Waals surface area (Å²) in [6, 6.07) is 0. The molecule has 1 aliphatic rings. The van der Waals surface area contributed by atoms with Crippen LogP contribution in [0.25, 0.3) is 5.53 Å². The first-order valence-electron chi connectivity index (χ1n) is 4.26. The Morgan fingerprint density at radius 1 is 1.69 bits per heavy atom. The Bertz CT molecular complexity index is 265. The molecule has 0 spiro atoms. The molecule has 1 saturated carbocycles. The minimum absolute atomic E-state index is 0.202. The molecule has 0 aromatic rings. The van der Waals surface area contributed by atoms with Gasteiger partial charge < -0.3 is 15.4 Å². The van der Waals surface area contributed by atoms with E-state index in [2.05, 4.69) is 9.53 Å². The van der Waals surface area contributed by atoms with Crippen molar-refractivity contribution in [3.05, 3.63) is 5.53 Å². The predicted molar refractivity (Wildman–Crippen MR) is 44.1 cm³/mol. The number of ether oxygens (including phenoxy) is 1. The van der Waals surface area contributed by atoms with E-state index in [-0.39, 0.29) is 12.3 Å². The van der Waals surface area contributed by atoms with Crippen molar-refractivity contribution in [3.63, 3.8) is 0 Å². The molecule has 13 heavy (non-hydrogen) atoms. The van der Waals surface area contributed by atoms with Crippen LogP contribution < -0.4 is 0 Å². The van der Waals surface area contributed by atoms with Gasteiger partial charge in [0.2, 0.25) is 0 Å². The number of aliphatic hydroxyl groups is 1. The highest BCUT2D eigenvalue weighted by Gasteiger charge is 2.50. The van der Waals surface area contributed by atoms with Crippen molar-refractivity contribution in [1.29, 1.82) is 0 Å². The van der Waals surface area contributed by atoms with Gasteiger partial charge in [-0.25, -0.2) is 4.79 Å². The van der Waals surface area contributed by atoms with E-state index in [9.17, 15) is 9.90 Å². The van der Waals surface area contributed by atoms with Crippen LogP contribution >= 0.6 is 0 Å². The molecule has 0 aromatic carbocycles. The number of nitrogens with zero attached hydrogens (tertiary/aromatic N) is 2. The van der Waals surface area contributed by atoms with Crippen LogP contribution in [0.15, 0.2) is 0 Å². The molecule has 0 aromatic heterocycles. The highest BCUT2D eigenvalue weighted by molar-refractivity contribution is 6.37. The zero-order chi connectivity index (χ0) is 9.90.